The molecule has 1 aromatic carbocycles. The van der Waals surface area contributed by atoms with Crippen LogP contribution in [0.1, 0.15) is 13.3 Å². The quantitative estimate of drug-likeness (QED) is 0.762. The van der Waals surface area contributed by atoms with Crippen molar-refractivity contribution >= 4 is 31.9 Å². The third-order valence-electron chi connectivity index (χ3n) is 1.46. The first kappa shape index (κ1) is 11.0. The smallest absolute Gasteiger partial charge is 0.180 e. The molecule has 0 amide bonds. The van der Waals surface area contributed by atoms with Gasteiger partial charge in [-0.1, -0.05) is 6.92 Å². The van der Waals surface area contributed by atoms with Crippen LogP contribution < -0.4 is 4.74 Å². The van der Waals surface area contributed by atoms with E-state index in [9.17, 15) is 4.39 Å². The maximum Gasteiger partial charge on any atom is 0.180 e. The summed E-state index contributed by atoms with van der Waals surface area (Å²) in [5.41, 5.74) is 0. The minimum atomic E-state index is -0.358. The summed E-state index contributed by atoms with van der Waals surface area (Å²) >= 11 is 6.33. The van der Waals surface area contributed by atoms with Crippen LogP contribution in [0.15, 0.2) is 21.1 Å². The molecule has 1 aromatic rings. The van der Waals surface area contributed by atoms with Crippen molar-refractivity contribution in [2.45, 2.75) is 13.3 Å². The highest BCUT2D eigenvalue weighted by molar-refractivity contribution is 9.13. The Morgan fingerprint density at radius 3 is 2.69 bits per heavy atom. The van der Waals surface area contributed by atoms with Gasteiger partial charge in [0.1, 0.15) is 0 Å². The first-order chi connectivity index (χ1) is 6.16. The van der Waals surface area contributed by atoms with Crippen LogP contribution in [0.3, 0.4) is 0 Å². The highest BCUT2D eigenvalue weighted by atomic mass is 79.9. The summed E-state index contributed by atoms with van der Waals surface area (Å²) in [5.74, 6) is -0.0697. The Morgan fingerprint density at radius 1 is 1.38 bits per heavy atom. The molecule has 0 bridgehead atoms. The van der Waals surface area contributed by atoms with Crippen LogP contribution in [0.5, 0.6) is 5.75 Å². The van der Waals surface area contributed by atoms with Gasteiger partial charge in [0.2, 0.25) is 0 Å². The standard InChI is InChI=1S/C9H9Br2FO/c1-2-5-13-7-4-3-6(10)8(11)9(7)12/h3-4H,2,5H2,1H3. The van der Waals surface area contributed by atoms with E-state index in [1.54, 1.807) is 12.1 Å². The minimum Gasteiger partial charge on any atom is -0.490 e. The highest BCUT2D eigenvalue weighted by Crippen LogP contribution is 2.31. The fourth-order valence-electron chi connectivity index (χ4n) is 0.832. The van der Waals surface area contributed by atoms with E-state index in [1.165, 1.54) is 0 Å². The van der Waals surface area contributed by atoms with Crippen LogP contribution in [0.25, 0.3) is 0 Å². The molecule has 0 atom stereocenters. The third kappa shape index (κ3) is 2.68. The molecule has 0 saturated heterocycles. The molecule has 0 saturated carbocycles. The summed E-state index contributed by atoms with van der Waals surface area (Å²) in [6, 6.07) is 3.36. The molecular formula is C9H9Br2FO. The molecule has 72 valence electrons. The topological polar surface area (TPSA) is 9.23 Å². The van der Waals surface area contributed by atoms with Gasteiger partial charge in [0, 0.05) is 4.47 Å². The first-order valence-corrected chi connectivity index (χ1v) is 5.51. The van der Waals surface area contributed by atoms with Crippen LogP contribution >= 0.6 is 31.9 Å². The van der Waals surface area contributed by atoms with Gasteiger partial charge >= 0.3 is 0 Å². The molecule has 0 aliphatic carbocycles. The van der Waals surface area contributed by atoms with Crippen molar-refractivity contribution in [3.05, 3.63) is 26.9 Å². The highest BCUT2D eigenvalue weighted by Gasteiger charge is 2.09. The van der Waals surface area contributed by atoms with E-state index in [-0.39, 0.29) is 11.6 Å². The van der Waals surface area contributed by atoms with E-state index in [4.69, 9.17) is 4.74 Å². The molecule has 0 aliphatic heterocycles. The summed E-state index contributed by atoms with van der Waals surface area (Å²) < 4.78 is 19.7. The molecule has 0 N–H and O–H groups in total. The number of halogens is 3. The van der Waals surface area contributed by atoms with Crippen LogP contribution in [-0.4, -0.2) is 6.61 Å². The summed E-state index contributed by atoms with van der Waals surface area (Å²) in [7, 11) is 0. The van der Waals surface area contributed by atoms with Crippen molar-refractivity contribution in [3.8, 4) is 5.75 Å². The van der Waals surface area contributed by atoms with Crippen LogP contribution in [-0.2, 0) is 0 Å². The third-order valence-corrected chi connectivity index (χ3v) is 3.43. The van der Waals surface area contributed by atoms with Crippen molar-refractivity contribution in [3.63, 3.8) is 0 Å². The predicted molar refractivity (Wildman–Crippen MR) is 57.6 cm³/mol. The molecule has 0 aliphatic rings. The van der Waals surface area contributed by atoms with Gasteiger partial charge in [-0.25, -0.2) is 4.39 Å². The second-order valence-electron chi connectivity index (χ2n) is 2.52. The van der Waals surface area contributed by atoms with E-state index in [0.29, 0.717) is 15.6 Å². The molecule has 0 heterocycles. The zero-order valence-electron chi connectivity index (χ0n) is 7.11. The monoisotopic (exact) mass is 310 g/mol. The van der Waals surface area contributed by atoms with Gasteiger partial charge < -0.3 is 4.74 Å². The van der Waals surface area contributed by atoms with E-state index in [2.05, 4.69) is 31.9 Å². The number of hydrogen-bond donors (Lipinski definition) is 0. The van der Waals surface area contributed by atoms with E-state index in [0.717, 1.165) is 6.42 Å². The molecule has 0 radical (unpaired) electrons. The summed E-state index contributed by atoms with van der Waals surface area (Å²) in [5, 5.41) is 0. The van der Waals surface area contributed by atoms with Gasteiger partial charge in [-0.2, -0.15) is 0 Å². The van der Waals surface area contributed by atoms with Gasteiger partial charge in [0.15, 0.2) is 11.6 Å². The number of benzene rings is 1. The molecule has 0 fully saturated rings. The Kier molecular flexibility index (Phi) is 4.19. The maximum atomic E-state index is 13.4. The van der Waals surface area contributed by atoms with Gasteiger partial charge in [-0.05, 0) is 50.4 Å². The first-order valence-electron chi connectivity index (χ1n) is 3.93. The Bertz CT molecular complexity index is 302. The lowest BCUT2D eigenvalue weighted by Gasteiger charge is -2.07. The fraction of sp³-hybridized carbons (Fsp3) is 0.333. The number of rotatable bonds is 3. The summed E-state index contributed by atoms with van der Waals surface area (Å²) in [4.78, 5) is 0. The lowest BCUT2D eigenvalue weighted by Crippen LogP contribution is -1.97. The largest absolute Gasteiger partial charge is 0.490 e. The lowest BCUT2D eigenvalue weighted by atomic mass is 10.3. The number of ether oxygens (including phenoxy) is 1. The Labute approximate surface area is 93.5 Å². The molecule has 0 spiro atoms. The molecule has 1 nitrogen and oxygen atoms in total. The zero-order valence-corrected chi connectivity index (χ0v) is 10.3. The van der Waals surface area contributed by atoms with Crippen LogP contribution in [0.4, 0.5) is 4.39 Å². The van der Waals surface area contributed by atoms with Crippen molar-refractivity contribution < 1.29 is 9.13 Å². The van der Waals surface area contributed by atoms with Gasteiger partial charge in [0.05, 0.1) is 11.1 Å². The predicted octanol–water partition coefficient (Wildman–Crippen LogP) is 4.14. The Balaban J connectivity index is 2.90. The SMILES string of the molecule is CCCOc1ccc(Br)c(Br)c1F. The van der Waals surface area contributed by atoms with E-state index in [1.807, 2.05) is 6.92 Å². The molecular weight excluding hydrogens is 303 g/mol. The Morgan fingerprint density at radius 2 is 2.08 bits per heavy atom. The molecule has 0 aromatic heterocycles. The summed E-state index contributed by atoms with van der Waals surface area (Å²) in [6.07, 6.45) is 0.868. The fourth-order valence-corrected chi connectivity index (χ4v) is 1.47. The maximum absolute atomic E-state index is 13.4. The molecule has 4 heteroatoms. The molecule has 0 unspecified atom stereocenters. The minimum absolute atomic E-state index is 0.289. The van der Waals surface area contributed by atoms with E-state index >= 15 is 0 Å². The van der Waals surface area contributed by atoms with Crippen molar-refractivity contribution in [2.75, 3.05) is 6.61 Å². The Hall–Kier alpha value is -0.0900. The average Bonchev–Trinajstić information content (AvgIpc) is 2.13. The van der Waals surface area contributed by atoms with Crippen LogP contribution in [0, 0.1) is 5.82 Å². The van der Waals surface area contributed by atoms with Crippen molar-refractivity contribution in [1.82, 2.24) is 0 Å². The molecule has 1 rings (SSSR count). The second kappa shape index (κ2) is 4.96. The van der Waals surface area contributed by atoms with Crippen molar-refractivity contribution in [2.24, 2.45) is 0 Å². The van der Waals surface area contributed by atoms with Crippen LogP contribution in [0.2, 0.25) is 0 Å². The lowest BCUT2D eigenvalue weighted by molar-refractivity contribution is 0.300. The zero-order chi connectivity index (χ0) is 9.84. The van der Waals surface area contributed by atoms with E-state index < -0.39 is 0 Å². The van der Waals surface area contributed by atoms with Gasteiger partial charge in [-0.15, -0.1) is 0 Å². The number of hydrogen-bond acceptors (Lipinski definition) is 1. The second-order valence-corrected chi connectivity index (χ2v) is 4.17. The van der Waals surface area contributed by atoms with Gasteiger partial charge in [0.25, 0.3) is 0 Å². The summed E-state index contributed by atoms with van der Waals surface area (Å²) in [6.45, 7) is 2.51. The average molecular weight is 312 g/mol. The normalized spacial score (nSPS) is 10.2. The molecule has 13 heavy (non-hydrogen) atoms. The van der Waals surface area contributed by atoms with Crippen molar-refractivity contribution in [1.29, 1.82) is 0 Å². The van der Waals surface area contributed by atoms with Gasteiger partial charge in [-0.3, -0.25) is 0 Å².